The Bertz CT molecular complexity index is 1500. The number of ether oxygens (including phenoxy) is 1. The van der Waals surface area contributed by atoms with Gasteiger partial charge in [-0.1, -0.05) is 56.2 Å². The largest absolute Gasteiger partial charge is 0.490 e. The van der Waals surface area contributed by atoms with E-state index >= 15 is 0 Å². The molecule has 1 spiro atoms. The van der Waals surface area contributed by atoms with Crippen molar-refractivity contribution < 1.29 is 23.1 Å². The number of sulfonamides is 1. The monoisotopic (exact) mass is 545 g/mol. The van der Waals surface area contributed by atoms with Gasteiger partial charge in [-0.3, -0.25) is 4.31 Å². The van der Waals surface area contributed by atoms with Crippen LogP contribution < -0.4 is 9.04 Å². The van der Waals surface area contributed by atoms with Crippen LogP contribution in [-0.2, 0) is 20.2 Å². The van der Waals surface area contributed by atoms with Gasteiger partial charge in [0.2, 0.25) is 0 Å². The van der Waals surface area contributed by atoms with Crippen LogP contribution in [0.3, 0.4) is 0 Å². The van der Waals surface area contributed by atoms with Crippen molar-refractivity contribution in [3.05, 3.63) is 83.4 Å². The van der Waals surface area contributed by atoms with Gasteiger partial charge in [0.1, 0.15) is 18.5 Å². The quantitative estimate of drug-likeness (QED) is 0.353. The van der Waals surface area contributed by atoms with E-state index in [0.717, 1.165) is 59.2 Å². The highest BCUT2D eigenvalue weighted by Gasteiger charge is 2.48. The molecule has 1 atom stereocenters. The van der Waals surface area contributed by atoms with Gasteiger partial charge in [-0.05, 0) is 90.4 Å². The number of rotatable bonds is 8. The first-order chi connectivity index (χ1) is 18.7. The summed E-state index contributed by atoms with van der Waals surface area (Å²) >= 11 is 0. The standard InChI is InChI=1S/C32H35NO5S/c1-4-24-8-10-25(11-9-24)26-16-23(3)31-29(18-26)32(14-6-5-7-15-32)21-33(31)39(36,37)28-12-13-30(22(2)17-28)38-20-27(35)19-34/h4,8-13,16-19,27,35H,1,5-7,14-15,20-21H2,2-3H3. The molecule has 1 saturated carbocycles. The zero-order chi connectivity index (χ0) is 27.8. The van der Waals surface area contributed by atoms with Crippen LogP contribution in [-0.4, -0.2) is 39.1 Å². The maximum Gasteiger partial charge on any atom is 0.264 e. The number of benzene rings is 3. The molecule has 1 aliphatic heterocycles. The van der Waals surface area contributed by atoms with Crippen molar-refractivity contribution in [3.63, 3.8) is 0 Å². The van der Waals surface area contributed by atoms with Gasteiger partial charge in [0.25, 0.3) is 10.0 Å². The van der Waals surface area contributed by atoms with E-state index in [1.165, 1.54) is 6.42 Å². The minimum absolute atomic E-state index is 0.184. The topological polar surface area (TPSA) is 83.9 Å². The second kappa shape index (κ2) is 10.6. The SMILES string of the molecule is C=Cc1ccc(-c2cc(C)c3c(c2)C2(CCCCC2)CN3S(=O)(=O)c2ccc(OCC(O)C=O)c(C)c2)cc1. The molecule has 1 N–H and O–H groups in total. The van der Waals surface area contributed by atoms with E-state index < -0.39 is 16.1 Å². The van der Waals surface area contributed by atoms with E-state index in [0.29, 0.717) is 24.1 Å². The lowest BCUT2D eigenvalue weighted by Gasteiger charge is -2.34. The van der Waals surface area contributed by atoms with Gasteiger partial charge in [-0.25, -0.2) is 8.42 Å². The lowest BCUT2D eigenvalue weighted by Crippen LogP contribution is -2.38. The molecule has 7 heteroatoms. The third-order valence-corrected chi connectivity index (χ3v) is 9.90. The van der Waals surface area contributed by atoms with Crippen LogP contribution in [0, 0.1) is 13.8 Å². The highest BCUT2D eigenvalue weighted by atomic mass is 32.2. The number of anilines is 1. The second-order valence-corrected chi connectivity index (χ2v) is 12.7. The Morgan fingerprint density at radius 1 is 1.00 bits per heavy atom. The summed E-state index contributed by atoms with van der Waals surface area (Å²) in [4.78, 5) is 10.9. The molecule has 1 fully saturated rings. The first-order valence-electron chi connectivity index (χ1n) is 13.5. The summed E-state index contributed by atoms with van der Waals surface area (Å²) < 4.78 is 35.5. The molecule has 1 unspecified atom stereocenters. The number of carbonyl (C=O) groups excluding carboxylic acids is 1. The van der Waals surface area contributed by atoms with Crippen LogP contribution >= 0.6 is 0 Å². The zero-order valence-electron chi connectivity index (χ0n) is 22.5. The Labute approximate surface area is 231 Å². The third-order valence-electron chi connectivity index (χ3n) is 8.16. The Morgan fingerprint density at radius 2 is 1.72 bits per heavy atom. The van der Waals surface area contributed by atoms with Gasteiger partial charge in [0.05, 0.1) is 10.6 Å². The molecule has 0 radical (unpaired) electrons. The Kier molecular flexibility index (Phi) is 7.40. The molecular formula is C32H35NO5S. The number of hydrogen-bond donors (Lipinski definition) is 1. The fraction of sp³-hybridized carbons (Fsp3) is 0.344. The molecule has 3 aromatic rings. The number of aliphatic hydroxyl groups is 1. The second-order valence-electron chi connectivity index (χ2n) is 10.8. The van der Waals surface area contributed by atoms with E-state index in [1.54, 1.807) is 29.4 Å². The van der Waals surface area contributed by atoms with Gasteiger partial charge < -0.3 is 14.6 Å². The predicted molar refractivity (Wildman–Crippen MR) is 155 cm³/mol. The van der Waals surface area contributed by atoms with E-state index in [2.05, 4.69) is 30.8 Å². The first kappa shape index (κ1) is 27.2. The molecule has 1 aliphatic carbocycles. The molecular weight excluding hydrogens is 510 g/mol. The smallest absolute Gasteiger partial charge is 0.264 e. The van der Waals surface area contributed by atoms with E-state index in [9.17, 15) is 18.3 Å². The minimum atomic E-state index is -3.85. The average molecular weight is 546 g/mol. The number of aldehydes is 1. The van der Waals surface area contributed by atoms with Crippen LogP contribution in [0.1, 0.15) is 54.4 Å². The molecule has 0 saturated heterocycles. The normalized spacial score (nSPS) is 17.1. The highest BCUT2D eigenvalue weighted by molar-refractivity contribution is 7.92. The molecule has 2 aliphatic rings. The van der Waals surface area contributed by atoms with Crippen LogP contribution in [0.5, 0.6) is 5.75 Å². The number of aryl methyl sites for hydroxylation is 2. The summed E-state index contributed by atoms with van der Waals surface area (Å²) in [6, 6.07) is 17.3. The highest BCUT2D eigenvalue weighted by Crippen LogP contribution is 2.53. The van der Waals surface area contributed by atoms with Crippen LogP contribution in [0.15, 0.2) is 66.1 Å². The van der Waals surface area contributed by atoms with Crippen molar-refractivity contribution in [2.45, 2.75) is 62.4 Å². The van der Waals surface area contributed by atoms with Crippen molar-refractivity contribution in [2.75, 3.05) is 17.5 Å². The van der Waals surface area contributed by atoms with E-state index in [-0.39, 0.29) is 16.9 Å². The molecule has 0 bridgehead atoms. The van der Waals surface area contributed by atoms with Gasteiger partial charge in [0.15, 0.2) is 6.29 Å². The van der Waals surface area contributed by atoms with Crippen molar-refractivity contribution >= 4 is 28.1 Å². The first-order valence-corrected chi connectivity index (χ1v) is 14.9. The lowest BCUT2D eigenvalue weighted by atomic mass is 9.70. The summed E-state index contributed by atoms with van der Waals surface area (Å²) in [5, 5.41) is 9.49. The number of fused-ring (bicyclic) bond motifs is 2. The maximum absolute atomic E-state index is 14.2. The minimum Gasteiger partial charge on any atom is -0.490 e. The summed E-state index contributed by atoms with van der Waals surface area (Å²) in [7, 11) is -3.85. The van der Waals surface area contributed by atoms with Gasteiger partial charge in [-0.2, -0.15) is 0 Å². The molecule has 5 rings (SSSR count). The Balaban J connectivity index is 1.56. The number of carbonyl (C=O) groups is 1. The fourth-order valence-electron chi connectivity index (χ4n) is 6.08. The lowest BCUT2D eigenvalue weighted by molar-refractivity contribution is -0.116. The maximum atomic E-state index is 14.2. The van der Waals surface area contributed by atoms with E-state index in [4.69, 9.17) is 4.74 Å². The Hall–Kier alpha value is -3.42. The summed E-state index contributed by atoms with van der Waals surface area (Å²) in [6.07, 6.45) is 6.28. The van der Waals surface area contributed by atoms with E-state index in [1.807, 2.05) is 25.1 Å². The van der Waals surface area contributed by atoms with Crippen LogP contribution in [0.4, 0.5) is 5.69 Å². The molecule has 1 heterocycles. The molecule has 0 aromatic heterocycles. The van der Waals surface area contributed by atoms with Crippen molar-refractivity contribution in [1.82, 2.24) is 0 Å². The summed E-state index contributed by atoms with van der Waals surface area (Å²) in [5.74, 6) is 0.434. The van der Waals surface area contributed by atoms with Crippen molar-refractivity contribution in [1.29, 1.82) is 0 Å². The summed E-state index contributed by atoms with van der Waals surface area (Å²) in [5.41, 5.74) is 6.56. The van der Waals surface area contributed by atoms with Crippen LogP contribution in [0.25, 0.3) is 17.2 Å². The Morgan fingerprint density at radius 3 is 2.36 bits per heavy atom. The molecule has 204 valence electrons. The number of aliphatic hydroxyl groups excluding tert-OH is 1. The fourth-order valence-corrected chi connectivity index (χ4v) is 7.80. The molecule has 39 heavy (non-hydrogen) atoms. The number of hydrogen-bond acceptors (Lipinski definition) is 5. The predicted octanol–water partition coefficient (Wildman–Crippen LogP) is 5.96. The average Bonchev–Trinajstić information content (AvgIpc) is 3.27. The van der Waals surface area contributed by atoms with Gasteiger partial charge in [0, 0.05) is 12.0 Å². The van der Waals surface area contributed by atoms with Crippen molar-refractivity contribution in [2.24, 2.45) is 0 Å². The van der Waals surface area contributed by atoms with Gasteiger partial charge in [-0.15, -0.1) is 0 Å². The van der Waals surface area contributed by atoms with Crippen LogP contribution in [0.2, 0.25) is 0 Å². The van der Waals surface area contributed by atoms with Crippen molar-refractivity contribution in [3.8, 4) is 16.9 Å². The molecule has 3 aromatic carbocycles. The third kappa shape index (κ3) is 5.01. The zero-order valence-corrected chi connectivity index (χ0v) is 23.3. The number of nitrogens with zero attached hydrogens (tertiary/aromatic N) is 1. The molecule has 6 nitrogen and oxygen atoms in total. The summed E-state index contributed by atoms with van der Waals surface area (Å²) in [6.45, 7) is 7.87. The van der Waals surface area contributed by atoms with Gasteiger partial charge >= 0.3 is 0 Å². The molecule has 0 amide bonds.